The quantitative estimate of drug-likeness (QED) is 0.224. The minimum atomic E-state index is -0.790. The molecule has 8 heteroatoms. The van der Waals surface area contributed by atoms with Crippen LogP contribution in [0, 0.1) is 0 Å². The molecule has 0 aliphatic carbocycles. The zero-order valence-corrected chi connectivity index (χ0v) is 24.4. The molecule has 5 rings (SSSR count). The van der Waals surface area contributed by atoms with E-state index in [2.05, 4.69) is 20.8 Å². The fraction of sp³-hybridized carbons (Fsp3) is 0.333. The number of ether oxygens (including phenoxy) is 3. The number of rotatable bonds is 7. The number of hydrogen-bond acceptors (Lipinski definition) is 7. The van der Waals surface area contributed by atoms with Crippen molar-refractivity contribution in [2.24, 2.45) is 0 Å². The lowest BCUT2D eigenvalue weighted by atomic mass is 9.84. The molecule has 214 valence electrons. The molecule has 1 N–H and O–H groups in total. The van der Waals surface area contributed by atoms with E-state index in [-0.39, 0.29) is 30.1 Å². The number of hydrogen-bond donors (Lipinski definition) is 1. The molecule has 1 fully saturated rings. The Bertz CT molecular complexity index is 1520. The van der Waals surface area contributed by atoms with E-state index >= 15 is 0 Å². The third-order valence-corrected chi connectivity index (χ3v) is 7.42. The smallest absolute Gasteiger partial charge is 0.295 e. The van der Waals surface area contributed by atoms with E-state index in [4.69, 9.17) is 14.2 Å². The maximum absolute atomic E-state index is 13.6. The van der Waals surface area contributed by atoms with Crippen molar-refractivity contribution in [3.63, 3.8) is 0 Å². The predicted octanol–water partition coefficient (Wildman–Crippen LogP) is 5.80. The molecule has 0 radical (unpaired) electrons. The number of Topliss-reactive ketones (excluding diaryl/α,β-unsaturated/α-hetero) is 1. The van der Waals surface area contributed by atoms with Crippen molar-refractivity contribution >= 4 is 23.1 Å². The molecule has 3 aromatic rings. The minimum absolute atomic E-state index is 0.0531. The van der Waals surface area contributed by atoms with Gasteiger partial charge in [0.05, 0.1) is 18.2 Å². The largest absolute Gasteiger partial charge is 0.507 e. The van der Waals surface area contributed by atoms with Crippen LogP contribution in [0.5, 0.6) is 17.2 Å². The first kappa shape index (κ1) is 28.1. The third kappa shape index (κ3) is 5.34. The lowest BCUT2D eigenvalue weighted by Gasteiger charge is -2.26. The van der Waals surface area contributed by atoms with Crippen molar-refractivity contribution in [2.75, 3.05) is 32.4 Å². The van der Waals surface area contributed by atoms with Crippen molar-refractivity contribution < 1.29 is 28.9 Å². The molecule has 0 aromatic heterocycles. The number of aliphatic hydroxyl groups is 1. The number of nitrogens with zero attached hydrogens (tertiary/aromatic N) is 2. The molecule has 0 saturated carbocycles. The van der Waals surface area contributed by atoms with E-state index in [1.165, 1.54) is 4.90 Å². The topological polar surface area (TPSA) is 88.5 Å². The highest BCUT2D eigenvalue weighted by molar-refractivity contribution is 6.46. The lowest BCUT2D eigenvalue weighted by Crippen LogP contribution is -2.29. The molecular formula is C33H36N2O6. The van der Waals surface area contributed by atoms with E-state index in [0.29, 0.717) is 23.7 Å². The molecule has 1 amide bonds. The summed E-state index contributed by atoms with van der Waals surface area (Å²) < 4.78 is 16.8. The van der Waals surface area contributed by atoms with E-state index in [0.717, 1.165) is 28.1 Å². The average molecular weight is 557 g/mol. The average Bonchev–Trinajstić information content (AvgIpc) is 3.50. The molecule has 2 heterocycles. The highest BCUT2D eigenvalue weighted by Crippen LogP contribution is 2.43. The summed E-state index contributed by atoms with van der Waals surface area (Å²) in [5.74, 6) is 0.332. The standard InChI is InChI=1S/C33H36N2O6/c1-7-39-25-15-11-22(17-24(25)33(2,3)4)30(36)28-29(21-9-12-23(13-10-21)34(5)6)35(32(38)31(28)37)18-20-8-14-26-27(16-20)41-19-40-26/h8-17,29,36H,7,18-19H2,1-6H3/b30-28+. The molecule has 0 bridgehead atoms. The van der Waals surface area contributed by atoms with E-state index in [9.17, 15) is 14.7 Å². The van der Waals surface area contributed by atoms with E-state index in [1.807, 2.05) is 74.4 Å². The number of benzene rings is 3. The number of ketones is 1. The number of amides is 1. The fourth-order valence-corrected chi connectivity index (χ4v) is 5.28. The maximum atomic E-state index is 13.6. The first-order chi connectivity index (χ1) is 19.5. The molecule has 8 nitrogen and oxygen atoms in total. The zero-order valence-electron chi connectivity index (χ0n) is 24.4. The molecule has 1 saturated heterocycles. The van der Waals surface area contributed by atoms with Crippen LogP contribution in [0.3, 0.4) is 0 Å². The summed E-state index contributed by atoms with van der Waals surface area (Å²) in [6, 6.07) is 17.7. The van der Waals surface area contributed by atoms with Gasteiger partial charge in [-0.05, 0) is 65.9 Å². The van der Waals surface area contributed by atoms with Crippen molar-refractivity contribution in [1.82, 2.24) is 4.90 Å². The van der Waals surface area contributed by atoms with Crippen LogP contribution in [0.15, 0.2) is 66.2 Å². The summed E-state index contributed by atoms with van der Waals surface area (Å²) in [7, 11) is 3.89. The van der Waals surface area contributed by atoms with Gasteiger partial charge in [0.25, 0.3) is 11.7 Å². The molecule has 1 atom stereocenters. The van der Waals surface area contributed by atoms with Gasteiger partial charge in [-0.3, -0.25) is 9.59 Å². The summed E-state index contributed by atoms with van der Waals surface area (Å²) in [6.45, 7) is 8.89. The number of anilines is 1. The van der Waals surface area contributed by atoms with E-state index < -0.39 is 17.7 Å². The van der Waals surface area contributed by atoms with Gasteiger partial charge in [0.15, 0.2) is 11.5 Å². The highest BCUT2D eigenvalue weighted by atomic mass is 16.7. The highest BCUT2D eigenvalue weighted by Gasteiger charge is 2.46. The predicted molar refractivity (Wildman–Crippen MR) is 157 cm³/mol. The first-order valence-electron chi connectivity index (χ1n) is 13.7. The van der Waals surface area contributed by atoms with Gasteiger partial charge in [0, 0.05) is 37.5 Å². The van der Waals surface area contributed by atoms with E-state index in [1.54, 1.807) is 12.1 Å². The summed E-state index contributed by atoms with van der Waals surface area (Å²) in [5.41, 5.74) is 3.59. The van der Waals surface area contributed by atoms with Gasteiger partial charge in [0.2, 0.25) is 6.79 Å². The molecule has 2 aliphatic rings. The van der Waals surface area contributed by atoms with Crippen molar-refractivity contribution in [2.45, 2.75) is 45.7 Å². The number of likely N-dealkylation sites (tertiary alicyclic amines) is 1. The van der Waals surface area contributed by atoms with Gasteiger partial charge in [-0.25, -0.2) is 0 Å². The summed E-state index contributed by atoms with van der Waals surface area (Å²) >= 11 is 0. The Morgan fingerprint density at radius 2 is 1.71 bits per heavy atom. The number of carbonyl (C=O) groups is 2. The lowest BCUT2D eigenvalue weighted by molar-refractivity contribution is -0.140. The first-order valence-corrected chi connectivity index (χ1v) is 13.7. The van der Waals surface area contributed by atoms with Gasteiger partial charge < -0.3 is 29.1 Å². The molecular weight excluding hydrogens is 520 g/mol. The monoisotopic (exact) mass is 556 g/mol. The second kappa shape index (κ2) is 10.8. The molecule has 2 aliphatic heterocycles. The second-order valence-electron chi connectivity index (χ2n) is 11.5. The summed E-state index contributed by atoms with van der Waals surface area (Å²) in [4.78, 5) is 30.7. The van der Waals surface area contributed by atoms with Crippen LogP contribution in [0.4, 0.5) is 5.69 Å². The Balaban J connectivity index is 1.63. The minimum Gasteiger partial charge on any atom is -0.507 e. The van der Waals surface area contributed by atoms with Crippen LogP contribution in [0.2, 0.25) is 0 Å². The summed E-state index contributed by atoms with van der Waals surface area (Å²) in [5, 5.41) is 11.7. The Hall–Kier alpha value is -4.46. The van der Waals surface area contributed by atoms with Gasteiger partial charge in [-0.15, -0.1) is 0 Å². The number of carbonyl (C=O) groups excluding carboxylic acids is 2. The zero-order chi connectivity index (χ0) is 29.5. The molecule has 41 heavy (non-hydrogen) atoms. The van der Waals surface area contributed by atoms with Crippen molar-refractivity contribution in [3.8, 4) is 17.2 Å². The van der Waals surface area contributed by atoms with Gasteiger partial charge >= 0.3 is 0 Å². The van der Waals surface area contributed by atoms with Crippen LogP contribution in [-0.2, 0) is 21.5 Å². The Kier molecular flexibility index (Phi) is 7.43. The second-order valence-corrected chi connectivity index (χ2v) is 11.5. The SMILES string of the molecule is CCOc1ccc(/C(O)=C2\C(=O)C(=O)N(Cc3ccc4c(c3)OCO4)C2c2ccc(N(C)C)cc2)cc1C(C)(C)C. The van der Waals surface area contributed by atoms with Crippen LogP contribution in [0.25, 0.3) is 5.76 Å². The molecule has 3 aromatic carbocycles. The van der Waals surface area contributed by atoms with Crippen LogP contribution in [0.1, 0.15) is 56.0 Å². The van der Waals surface area contributed by atoms with Crippen molar-refractivity contribution in [1.29, 1.82) is 0 Å². The maximum Gasteiger partial charge on any atom is 0.295 e. The number of aliphatic hydroxyl groups excluding tert-OH is 1. The third-order valence-electron chi connectivity index (χ3n) is 7.42. The number of fused-ring (bicyclic) bond motifs is 1. The van der Waals surface area contributed by atoms with Crippen LogP contribution < -0.4 is 19.1 Å². The van der Waals surface area contributed by atoms with Crippen LogP contribution >= 0.6 is 0 Å². The van der Waals surface area contributed by atoms with Gasteiger partial charge in [-0.2, -0.15) is 0 Å². The van der Waals surface area contributed by atoms with Crippen LogP contribution in [-0.4, -0.2) is 49.2 Å². The Labute approximate surface area is 240 Å². The normalized spacial score (nSPS) is 17.7. The Morgan fingerprint density at radius 3 is 2.37 bits per heavy atom. The summed E-state index contributed by atoms with van der Waals surface area (Å²) in [6.07, 6.45) is 0. The van der Waals surface area contributed by atoms with Gasteiger partial charge in [0.1, 0.15) is 11.5 Å². The Morgan fingerprint density at radius 1 is 1.00 bits per heavy atom. The van der Waals surface area contributed by atoms with Gasteiger partial charge in [-0.1, -0.05) is 39.0 Å². The van der Waals surface area contributed by atoms with Crippen molar-refractivity contribution in [3.05, 3.63) is 88.5 Å². The fourth-order valence-electron chi connectivity index (χ4n) is 5.28. The molecule has 0 spiro atoms. The molecule has 1 unspecified atom stereocenters.